The molecule has 0 fully saturated rings. The molecule has 32 heavy (non-hydrogen) atoms. The Bertz CT molecular complexity index is 1380. The number of fused-ring (bicyclic) bond motifs is 1. The number of amides is 1. The van der Waals surface area contributed by atoms with Gasteiger partial charge >= 0.3 is 11.1 Å². The second-order valence-corrected chi connectivity index (χ2v) is 8.03. The van der Waals surface area contributed by atoms with E-state index in [1.165, 1.54) is 9.13 Å². The van der Waals surface area contributed by atoms with Gasteiger partial charge in [-0.25, -0.2) is 0 Å². The Labute approximate surface area is 189 Å². The third kappa shape index (κ3) is 4.50. The van der Waals surface area contributed by atoms with Crippen LogP contribution in [-0.4, -0.2) is 15.0 Å². The highest BCUT2D eigenvalue weighted by molar-refractivity contribution is 6.30. The van der Waals surface area contributed by atoms with Crippen LogP contribution in [0.5, 0.6) is 0 Å². The zero-order valence-corrected chi connectivity index (χ0v) is 18.3. The molecule has 1 N–H and O–H groups in total. The summed E-state index contributed by atoms with van der Waals surface area (Å²) >= 11 is 5.95. The standard InChI is InChI=1S/C25H22ClN3O3/c1-17(19-7-3-2-4-8-19)27-23(30)16-29-22-10-6-5-9-21(22)28(24(31)25(29)32)15-18-11-13-20(26)14-12-18/h2-14,17H,15-16H2,1H3,(H,27,30)/t17-/m0/s1. The summed E-state index contributed by atoms with van der Waals surface area (Å²) in [5.74, 6) is -0.344. The number of benzene rings is 3. The third-order valence-electron chi connectivity index (χ3n) is 5.37. The first-order valence-electron chi connectivity index (χ1n) is 10.2. The Morgan fingerprint density at radius 1 is 0.844 bits per heavy atom. The maximum Gasteiger partial charge on any atom is 0.317 e. The normalized spacial score (nSPS) is 11.9. The predicted octanol–water partition coefficient (Wildman–Crippen LogP) is 3.74. The number of carbonyl (C=O) groups is 1. The lowest BCUT2D eigenvalue weighted by atomic mass is 10.1. The summed E-state index contributed by atoms with van der Waals surface area (Å²) in [5.41, 5.74) is 1.48. The van der Waals surface area contributed by atoms with Crippen molar-refractivity contribution in [1.29, 1.82) is 0 Å². The van der Waals surface area contributed by atoms with Crippen molar-refractivity contribution in [3.05, 3.63) is 116 Å². The van der Waals surface area contributed by atoms with Crippen LogP contribution in [0, 0.1) is 0 Å². The Morgan fingerprint density at radius 2 is 1.41 bits per heavy atom. The Hall–Kier alpha value is -3.64. The van der Waals surface area contributed by atoms with Crippen LogP contribution in [0.3, 0.4) is 0 Å². The minimum absolute atomic E-state index is 0.226. The van der Waals surface area contributed by atoms with Gasteiger partial charge in [-0.05, 0) is 42.3 Å². The van der Waals surface area contributed by atoms with E-state index in [9.17, 15) is 14.4 Å². The van der Waals surface area contributed by atoms with Gasteiger partial charge in [-0.1, -0.05) is 66.2 Å². The predicted molar refractivity (Wildman–Crippen MR) is 126 cm³/mol. The molecule has 0 bridgehead atoms. The molecule has 1 heterocycles. The first-order chi connectivity index (χ1) is 15.4. The lowest BCUT2D eigenvalue weighted by molar-refractivity contribution is -0.122. The Morgan fingerprint density at radius 3 is 2.06 bits per heavy atom. The van der Waals surface area contributed by atoms with Gasteiger partial charge in [0.1, 0.15) is 6.54 Å². The van der Waals surface area contributed by atoms with Crippen molar-refractivity contribution in [2.45, 2.75) is 26.1 Å². The molecule has 0 aliphatic rings. The van der Waals surface area contributed by atoms with Crippen molar-refractivity contribution in [3.63, 3.8) is 0 Å². The lowest BCUT2D eigenvalue weighted by Gasteiger charge is -2.17. The molecule has 3 aromatic carbocycles. The summed E-state index contributed by atoms with van der Waals surface area (Å²) in [6, 6.07) is 23.5. The smallest absolute Gasteiger partial charge is 0.317 e. The van der Waals surface area contributed by atoms with Crippen LogP contribution in [0.4, 0.5) is 0 Å². The molecule has 0 aliphatic carbocycles. The van der Waals surface area contributed by atoms with Crippen molar-refractivity contribution < 1.29 is 4.79 Å². The number of rotatable bonds is 6. The first kappa shape index (κ1) is 21.6. The van der Waals surface area contributed by atoms with Gasteiger partial charge in [0, 0.05) is 5.02 Å². The Balaban J connectivity index is 1.68. The van der Waals surface area contributed by atoms with Crippen molar-refractivity contribution >= 4 is 28.5 Å². The average molecular weight is 448 g/mol. The first-order valence-corrected chi connectivity index (χ1v) is 10.6. The van der Waals surface area contributed by atoms with Crippen LogP contribution < -0.4 is 16.4 Å². The summed E-state index contributed by atoms with van der Waals surface area (Å²) < 4.78 is 2.67. The average Bonchev–Trinajstić information content (AvgIpc) is 2.81. The van der Waals surface area contributed by atoms with Gasteiger partial charge in [0.2, 0.25) is 5.91 Å². The van der Waals surface area contributed by atoms with Crippen LogP contribution in [0.15, 0.2) is 88.5 Å². The molecule has 0 spiro atoms. The molecule has 0 aliphatic heterocycles. The van der Waals surface area contributed by atoms with E-state index in [-0.39, 0.29) is 25.0 Å². The minimum Gasteiger partial charge on any atom is -0.348 e. The molecule has 1 aromatic heterocycles. The maximum absolute atomic E-state index is 13.0. The van der Waals surface area contributed by atoms with Crippen LogP contribution in [0.1, 0.15) is 24.1 Å². The molecule has 6 nitrogen and oxygen atoms in total. The van der Waals surface area contributed by atoms with E-state index >= 15 is 0 Å². The highest BCUT2D eigenvalue weighted by Crippen LogP contribution is 2.15. The summed E-state index contributed by atoms with van der Waals surface area (Å²) in [6.45, 7) is 1.86. The number of hydrogen-bond acceptors (Lipinski definition) is 3. The highest BCUT2D eigenvalue weighted by atomic mass is 35.5. The van der Waals surface area contributed by atoms with E-state index in [0.717, 1.165) is 11.1 Å². The number of halogens is 1. The highest BCUT2D eigenvalue weighted by Gasteiger charge is 2.17. The fourth-order valence-corrected chi connectivity index (χ4v) is 3.84. The minimum atomic E-state index is -0.736. The molecule has 162 valence electrons. The molecule has 0 unspecified atom stereocenters. The largest absolute Gasteiger partial charge is 0.348 e. The fourth-order valence-electron chi connectivity index (χ4n) is 3.71. The zero-order chi connectivity index (χ0) is 22.7. The summed E-state index contributed by atoms with van der Waals surface area (Å²) in [4.78, 5) is 38.7. The van der Waals surface area contributed by atoms with Crippen LogP contribution in [0.2, 0.25) is 5.02 Å². The number of aromatic nitrogens is 2. The van der Waals surface area contributed by atoms with Gasteiger partial charge in [-0.15, -0.1) is 0 Å². The van der Waals surface area contributed by atoms with E-state index in [1.807, 2.05) is 49.4 Å². The van der Waals surface area contributed by atoms with Gasteiger partial charge in [0.15, 0.2) is 0 Å². The van der Waals surface area contributed by atoms with E-state index in [1.54, 1.807) is 36.4 Å². The summed E-state index contributed by atoms with van der Waals surface area (Å²) in [5, 5.41) is 3.49. The zero-order valence-electron chi connectivity index (χ0n) is 17.5. The summed E-state index contributed by atoms with van der Waals surface area (Å²) in [7, 11) is 0. The van der Waals surface area contributed by atoms with Crippen LogP contribution in [-0.2, 0) is 17.9 Å². The van der Waals surface area contributed by atoms with Crippen molar-refractivity contribution in [2.24, 2.45) is 0 Å². The molecule has 0 saturated carbocycles. The second-order valence-electron chi connectivity index (χ2n) is 7.60. The molecule has 1 atom stereocenters. The molecule has 4 aromatic rings. The molecule has 1 amide bonds. The van der Waals surface area contributed by atoms with Gasteiger partial charge in [0.05, 0.1) is 23.6 Å². The SMILES string of the molecule is C[C@H](NC(=O)Cn1c(=O)c(=O)n(Cc2ccc(Cl)cc2)c2ccccc21)c1ccccc1. The molecule has 0 saturated heterocycles. The van der Waals surface area contributed by atoms with Gasteiger partial charge in [0.25, 0.3) is 0 Å². The van der Waals surface area contributed by atoms with Crippen molar-refractivity contribution in [2.75, 3.05) is 0 Å². The third-order valence-corrected chi connectivity index (χ3v) is 5.62. The van der Waals surface area contributed by atoms with Crippen LogP contribution in [0.25, 0.3) is 11.0 Å². The molecule has 4 rings (SSSR count). The number of nitrogens with zero attached hydrogens (tertiary/aromatic N) is 2. The van der Waals surface area contributed by atoms with E-state index in [2.05, 4.69) is 5.32 Å². The number of para-hydroxylation sites is 2. The van der Waals surface area contributed by atoms with Crippen molar-refractivity contribution in [1.82, 2.24) is 14.5 Å². The summed E-state index contributed by atoms with van der Waals surface area (Å²) in [6.07, 6.45) is 0. The second kappa shape index (κ2) is 9.24. The molecule has 7 heteroatoms. The monoisotopic (exact) mass is 447 g/mol. The van der Waals surface area contributed by atoms with E-state index in [4.69, 9.17) is 11.6 Å². The van der Waals surface area contributed by atoms with Gasteiger partial charge in [-0.2, -0.15) is 0 Å². The fraction of sp³-hybridized carbons (Fsp3) is 0.160. The van der Waals surface area contributed by atoms with Crippen molar-refractivity contribution in [3.8, 4) is 0 Å². The van der Waals surface area contributed by atoms with Gasteiger partial charge in [-0.3, -0.25) is 23.5 Å². The van der Waals surface area contributed by atoms with Crippen LogP contribution >= 0.6 is 11.6 Å². The topological polar surface area (TPSA) is 73.1 Å². The Kier molecular flexibility index (Phi) is 6.23. The molecular formula is C25H22ClN3O3. The van der Waals surface area contributed by atoms with E-state index in [0.29, 0.717) is 16.1 Å². The number of carbonyl (C=O) groups excluding carboxylic acids is 1. The maximum atomic E-state index is 13.0. The van der Waals surface area contributed by atoms with E-state index < -0.39 is 11.1 Å². The molecule has 0 radical (unpaired) electrons. The molecular weight excluding hydrogens is 426 g/mol. The number of hydrogen-bond donors (Lipinski definition) is 1. The lowest BCUT2D eigenvalue weighted by Crippen LogP contribution is -2.44. The number of nitrogens with one attached hydrogen (secondary N) is 1. The quantitative estimate of drug-likeness (QED) is 0.457. The van der Waals surface area contributed by atoms with Gasteiger partial charge < -0.3 is 5.32 Å².